The third kappa shape index (κ3) is 5.41. The SMILES string of the molecule is ClC(Cl)(Cl)[CH2][GeH3]. The Morgan fingerprint density at radius 1 is 1.33 bits per heavy atom. The van der Waals surface area contributed by atoms with Gasteiger partial charge in [0.1, 0.15) is 0 Å². The van der Waals surface area contributed by atoms with Crippen LogP contribution in [0.1, 0.15) is 0 Å². The molecule has 0 spiro atoms. The molecule has 0 aliphatic rings. The fourth-order valence-electron chi connectivity index (χ4n) is 0. The molecular weight excluding hydrogens is 203 g/mol. The standard InChI is InChI=1S/C2H5Cl3Ge/c3-2(4,5)1-6/h1H2,6H3. The molecule has 6 heavy (non-hydrogen) atoms. The van der Waals surface area contributed by atoms with Crippen LogP contribution in [0.25, 0.3) is 0 Å². The number of alkyl halides is 3. The van der Waals surface area contributed by atoms with Crippen LogP contribution in [-0.2, 0) is 0 Å². The van der Waals surface area contributed by atoms with Crippen molar-refractivity contribution in [2.45, 2.75) is 9.05 Å². The number of hydrogen-bond donors (Lipinski definition) is 0. The third-order valence-electron chi connectivity index (χ3n) is 0.401. The normalized spacial score (nSPS) is 12.5. The van der Waals surface area contributed by atoms with Gasteiger partial charge in [-0.1, -0.05) is 0 Å². The Morgan fingerprint density at radius 3 is 1.50 bits per heavy atom. The molecule has 0 fully saturated rings. The number of rotatable bonds is 0. The van der Waals surface area contributed by atoms with Gasteiger partial charge in [0.2, 0.25) is 0 Å². The minimum absolute atomic E-state index is 0.651. The summed E-state index contributed by atoms with van der Waals surface area (Å²) in [6.07, 6.45) is 0. The zero-order chi connectivity index (χ0) is 5.21. The van der Waals surface area contributed by atoms with E-state index in [1.165, 1.54) is 0 Å². The van der Waals surface area contributed by atoms with E-state index in [2.05, 4.69) is 0 Å². The fourth-order valence-corrected chi connectivity index (χ4v) is 0. The van der Waals surface area contributed by atoms with Crippen molar-refractivity contribution >= 4 is 51.3 Å². The van der Waals surface area contributed by atoms with Gasteiger partial charge in [0.25, 0.3) is 0 Å². The summed E-state index contributed by atoms with van der Waals surface area (Å²) in [4.78, 5) is 0. The van der Waals surface area contributed by atoms with E-state index in [0.29, 0.717) is 16.5 Å². The predicted molar refractivity (Wildman–Crippen MR) is 35.0 cm³/mol. The molecule has 0 bridgehead atoms. The van der Waals surface area contributed by atoms with E-state index in [-0.39, 0.29) is 0 Å². The molecule has 0 aliphatic carbocycles. The van der Waals surface area contributed by atoms with Crippen molar-refractivity contribution in [3.05, 3.63) is 0 Å². The summed E-state index contributed by atoms with van der Waals surface area (Å²) < 4.78 is -0.958. The topological polar surface area (TPSA) is 0 Å². The van der Waals surface area contributed by atoms with Gasteiger partial charge in [-0.3, -0.25) is 0 Å². The zero-order valence-corrected chi connectivity index (χ0v) is 9.80. The van der Waals surface area contributed by atoms with Gasteiger partial charge in [-0.2, -0.15) is 0 Å². The average molecular weight is 208 g/mol. The molecule has 0 aliphatic heterocycles. The van der Waals surface area contributed by atoms with Gasteiger partial charge in [-0.25, -0.2) is 0 Å². The molecule has 0 saturated heterocycles. The van der Waals surface area contributed by atoms with Crippen molar-refractivity contribution in [2.24, 2.45) is 0 Å². The van der Waals surface area contributed by atoms with Crippen LogP contribution in [0.15, 0.2) is 0 Å². The van der Waals surface area contributed by atoms with Crippen molar-refractivity contribution in [1.82, 2.24) is 0 Å². The quantitative estimate of drug-likeness (QED) is 0.413. The van der Waals surface area contributed by atoms with Crippen LogP contribution in [0.3, 0.4) is 0 Å². The monoisotopic (exact) mass is 208 g/mol. The predicted octanol–water partition coefficient (Wildman–Crippen LogP) is 1.14. The molecule has 0 unspecified atom stereocenters. The van der Waals surface area contributed by atoms with Crippen LogP contribution in [-0.4, -0.2) is 20.3 Å². The molecule has 0 aromatic heterocycles. The van der Waals surface area contributed by atoms with E-state index >= 15 is 0 Å². The third-order valence-corrected chi connectivity index (χ3v) is 6.25. The van der Waals surface area contributed by atoms with E-state index < -0.39 is 3.79 Å². The van der Waals surface area contributed by atoms with Gasteiger partial charge in [-0.05, 0) is 0 Å². The first-order valence-corrected chi connectivity index (χ1v) is 5.73. The molecule has 0 N–H and O–H groups in total. The number of halogens is 3. The zero-order valence-electron chi connectivity index (χ0n) is 3.34. The summed E-state index contributed by atoms with van der Waals surface area (Å²) in [6, 6.07) is 0. The first kappa shape index (κ1) is 7.41. The van der Waals surface area contributed by atoms with Crippen LogP contribution < -0.4 is 0 Å². The van der Waals surface area contributed by atoms with Gasteiger partial charge < -0.3 is 0 Å². The van der Waals surface area contributed by atoms with Gasteiger partial charge >= 0.3 is 60.4 Å². The molecule has 0 aromatic carbocycles. The molecule has 0 heterocycles. The second-order valence-corrected chi connectivity index (χ2v) is 4.97. The molecule has 0 amide bonds. The van der Waals surface area contributed by atoms with Crippen LogP contribution in [0, 0.1) is 0 Å². The molecule has 0 saturated carbocycles. The number of hydrogen-bond acceptors (Lipinski definition) is 0. The fraction of sp³-hybridized carbons (Fsp3) is 1.00. The maximum absolute atomic E-state index is 5.30. The average Bonchev–Trinajstić information content (AvgIpc) is 1.35. The Labute approximate surface area is 60.4 Å². The first-order chi connectivity index (χ1) is 2.56. The summed E-state index contributed by atoms with van der Waals surface area (Å²) >= 11 is 16.5. The Hall–Kier alpha value is 1.41. The molecule has 38 valence electrons. The Kier molecular flexibility index (Phi) is 3.28. The van der Waals surface area contributed by atoms with E-state index in [1.54, 1.807) is 0 Å². The Morgan fingerprint density at radius 2 is 1.50 bits per heavy atom. The van der Waals surface area contributed by atoms with Crippen LogP contribution in [0.5, 0.6) is 0 Å². The van der Waals surface area contributed by atoms with Gasteiger partial charge in [0.15, 0.2) is 0 Å². The van der Waals surface area contributed by atoms with Crippen LogP contribution in [0.4, 0.5) is 0 Å². The molecule has 0 rings (SSSR count). The summed E-state index contributed by atoms with van der Waals surface area (Å²) in [5, 5.41) is 0.755. The molecule has 0 nitrogen and oxygen atoms in total. The Bertz CT molecular complexity index is 38.5. The summed E-state index contributed by atoms with van der Waals surface area (Å²) in [5.74, 6) is 0. The second kappa shape index (κ2) is 2.65. The van der Waals surface area contributed by atoms with Gasteiger partial charge in [0, 0.05) is 0 Å². The summed E-state index contributed by atoms with van der Waals surface area (Å²) in [6.45, 7) is 0. The molecule has 0 atom stereocenters. The Balaban J connectivity index is 3.17. The second-order valence-electron chi connectivity index (χ2n) is 0.969. The van der Waals surface area contributed by atoms with E-state index in [1.807, 2.05) is 0 Å². The van der Waals surface area contributed by atoms with Crippen LogP contribution >= 0.6 is 34.8 Å². The van der Waals surface area contributed by atoms with Crippen LogP contribution in [0.2, 0.25) is 5.25 Å². The van der Waals surface area contributed by atoms with Crippen molar-refractivity contribution < 1.29 is 0 Å². The van der Waals surface area contributed by atoms with Crippen molar-refractivity contribution in [2.75, 3.05) is 0 Å². The first-order valence-electron chi connectivity index (χ1n) is 1.63. The van der Waals surface area contributed by atoms with E-state index in [0.717, 1.165) is 5.25 Å². The summed E-state index contributed by atoms with van der Waals surface area (Å²) in [5.41, 5.74) is 0. The van der Waals surface area contributed by atoms with Gasteiger partial charge in [-0.15, -0.1) is 0 Å². The van der Waals surface area contributed by atoms with Crippen molar-refractivity contribution in [3.63, 3.8) is 0 Å². The summed E-state index contributed by atoms with van der Waals surface area (Å²) in [7, 11) is 0. The molecule has 0 aromatic rings. The molecule has 0 radical (unpaired) electrons. The molecular formula is C2H5Cl3Ge. The maximum atomic E-state index is 5.30. The van der Waals surface area contributed by atoms with E-state index in [9.17, 15) is 0 Å². The molecule has 4 heteroatoms. The minimum atomic E-state index is -0.958. The van der Waals surface area contributed by atoms with Crippen molar-refractivity contribution in [1.29, 1.82) is 0 Å². The van der Waals surface area contributed by atoms with E-state index in [4.69, 9.17) is 34.8 Å². The van der Waals surface area contributed by atoms with Crippen molar-refractivity contribution in [3.8, 4) is 0 Å². The van der Waals surface area contributed by atoms with Gasteiger partial charge in [0.05, 0.1) is 0 Å².